The first-order chi connectivity index (χ1) is 19.1. The summed E-state index contributed by atoms with van der Waals surface area (Å²) in [6, 6.07) is 15.2. The van der Waals surface area contributed by atoms with E-state index in [4.69, 9.17) is 4.74 Å². The molecule has 0 spiro atoms. The summed E-state index contributed by atoms with van der Waals surface area (Å²) < 4.78 is 58.3. The van der Waals surface area contributed by atoms with Crippen LogP contribution in [-0.2, 0) is 36.1 Å². The summed E-state index contributed by atoms with van der Waals surface area (Å²) >= 11 is 0. The zero-order valence-electron chi connectivity index (χ0n) is 21.7. The molecule has 2 amide bonds. The van der Waals surface area contributed by atoms with Gasteiger partial charge in [-0.25, -0.2) is 16.8 Å². The zero-order chi connectivity index (χ0) is 28.8. The number of nitrogens with one attached hydrogen (secondary N) is 2. The molecule has 0 bridgehead atoms. The standard InChI is InChI=1S/C26H29N5O7S2/c1-39(34,35)31(21-8-10-22(11-9-21)40(36,37)30-13-15-38-16-14-30)19-25(32)29-24-7-3-2-6-23(24)26(33)28-18-20-5-4-12-27-17-20/h2-12,17H,13-16,18-19H2,1H3,(H,28,33)(H,29,32). The summed E-state index contributed by atoms with van der Waals surface area (Å²) in [5.41, 5.74) is 1.31. The molecule has 2 aromatic carbocycles. The number of aromatic nitrogens is 1. The maximum absolute atomic E-state index is 13.0. The fourth-order valence-electron chi connectivity index (χ4n) is 4.01. The van der Waals surface area contributed by atoms with Crippen LogP contribution in [0.25, 0.3) is 0 Å². The number of carbonyl (C=O) groups is 2. The van der Waals surface area contributed by atoms with Crippen LogP contribution in [0.15, 0.2) is 78.0 Å². The van der Waals surface area contributed by atoms with E-state index in [0.29, 0.717) is 13.2 Å². The van der Waals surface area contributed by atoms with Crippen molar-refractivity contribution in [3.05, 3.63) is 84.2 Å². The maximum Gasteiger partial charge on any atom is 0.253 e. The van der Waals surface area contributed by atoms with Crippen LogP contribution < -0.4 is 14.9 Å². The van der Waals surface area contributed by atoms with Crippen molar-refractivity contribution in [2.75, 3.05) is 48.7 Å². The lowest BCUT2D eigenvalue weighted by molar-refractivity contribution is -0.114. The Bertz CT molecular complexity index is 1560. The molecule has 0 unspecified atom stereocenters. The number of amides is 2. The predicted octanol–water partition coefficient (Wildman–Crippen LogP) is 1.44. The Morgan fingerprint density at radius 3 is 2.33 bits per heavy atom. The molecule has 40 heavy (non-hydrogen) atoms. The van der Waals surface area contributed by atoms with Crippen molar-refractivity contribution >= 4 is 43.2 Å². The smallest absolute Gasteiger partial charge is 0.253 e. The normalized spacial score (nSPS) is 14.3. The number of carbonyl (C=O) groups excluding carboxylic acids is 2. The first-order valence-electron chi connectivity index (χ1n) is 12.3. The molecule has 1 fully saturated rings. The third-order valence-electron chi connectivity index (χ3n) is 6.04. The van der Waals surface area contributed by atoms with Crippen molar-refractivity contribution in [2.24, 2.45) is 0 Å². The Kier molecular flexibility index (Phi) is 9.14. The summed E-state index contributed by atoms with van der Waals surface area (Å²) in [7, 11) is -7.70. The lowest BCUT2D eigenvalue weighted by atomic mass is 10.1. The Morgan fingerprint density at radius 1 is 0.975 bits per heavy atom. The minimum Gasteiger partial charge on any atom is -0.379 e. The van der Waals surface area contributed by atoms with Crippen molar-refractivity contribution in [1.29, 1.82) is 0 Å². The highest BCUT2D eigenvalue weighted by atomic mass is 32.2. The second kappa shape index (κ2) is 12.6. The van der Waals surface area contributed by atoms with Crippen molar-refractivity contribution in [2.45, 2.75) is 11.4 Å². The lowest BCUT2D eigenvalue weighted by Crippen LogP contribution is -2.40. The van der Waals surface area contributed by atoms with Gasteiger partial charge in [0.2, 0.25) is 26.0 Å². The molecule has 3 aromatic rings. The quantitative estimate of drug-likeness (QED) is 0.361. The fourth-order valence-corrected chi connectivity index (χ4v) is 6.28. The third kappa shape index (κ3) is 7.21. The second-order valence-corrected chi connectivity index (χ2v) is 12.8. The fraction of sp³-hybridized carbons (Fsp3) is 0.269. The maximum atomic E-state index is 13.0. The average Bonchev–Trinajstić information content (AvgIpc) is 2.95. The van der Waals surface area contributed by atoms with E-state index < -0.39 is 38.4 Å². The number of benzene rings is 2. The molecule has 0 saturated carbocycles. The van der Waals surface area contributed by atoms with Crippen LogP contribution in [0.5, 0.6) is 0 Å². The SMILES string of the molecule is CS(=O)(=O)N(CC(=O)Nc1ccccc1C(=O)NCc1cccnc1)c1ccc(S(=O)(=O)N2CCOCC2)cc1. The molecule has 1 aliphatic heterocycles. The first-order valence-corrected chi connectivity index (χ1v) is 15.6. The molecule has 1 aromatic heterocycles. The number of ether oxygens (including phenoxy) is 1. The Labute approximate surface area is 233 Å². The highest BCUT2D eigenvalue weighted by Crippen LogP contribution is 2.23. The topological polar surface area (TPSA) is 155 Å². The van der Waals surface area contributed by atoms with Gasteiger partial charge in [0.05, 0.1) is 41.3 Å². The molecule has 0 atom stereocenters. The summed E-state index contributed by atoms with van der Waals surface area (Å²) in [5.74, 6) is -1.13. The largest absolute Gasteiger partial charge is 0.379 e. The highest BCUT2D eigenvalue weighted by Gasteiger charge is 2.27. The van der Waals surface area contributed by atoms with E-state index in [0.717, 1.165) is 16.1 Å². The molecular weight excluding hydrogens is 558 g/mol. The van der Waals surface area contributed by atoms with Gasteiger partial charge in [-0.2, -0.15) is 4.31 Å². The van der Waals surface area contributed by atoms with Crippen molar-refractivity contribution < 1.29 is 31.2 Å². The minimum atomic E-state index is -3.93. The van der Waals surface area contributed by atoms with Gasteiger partial charge in [0.15, 0.2) is 0 Å². The van der Waals surface area contributed by atoms with Gasteiger partial charge in [0.25, 0.3) is 5.91 Å². The number of pyridine rings is 1. The van der Waals surface area contributed by atoms with Crippen LogP contribution in [0.4, 0.5) is 11.4 Å². The zero-order valence-corrected chi connectivity index (χ0v) is 23.3. The van der Waals surface area contributed by atoms with E-state index in [9.17, 15) is 26.4 Å². The minimum absolute atomic E-state index is 0.00211. The molecular formula is C26H29N5O7S2. The summed E-state index contributed by atoms with van der Waals surface area (Å²) in [4.78, 5) is 29.8. The number of hydrogen-bond donors (Lipinski definition) is 2. The van der Waals surface area contributed by atoms with Gasteiger partial charge in [-0.05, 0) is 48.0 Å². The molecule has 212 valence electrons. The van der Waals surface area contributed by atoms with Gasteiger partial charge in [-0.3, -0.25) is 18.9 Å². The number of hydrogen-bond acceptors (Lipinski definition) is 8. The number of para-hydroxylation sites is 1. The lowest BCUT2D eigenvalue weighted by Gasteiger charge is -2.26. The summed E-state index contributed by atoms with van der Waals surface area (Å²) in [5, 5.41) is 5.37. The Morgan fingerprint density at radius 2 is 1.68 bits per heavy atom. The van der Waals surface area contributed by atoms with Crippen LogP contribution in [0.2, 0.25) is 0 Å². The van der Waals surface area contributed by atoms with Gasteiger partial charge >= 0.3 is 0 Å². The highest BCUT2D eigenvalue weighted by molar-refractivity contribution is 7.92. The van der Waals surface area contributed by atoms with E-state index >= 15 is 0 Å². The molecule has 12 nitrogen and oxygen atoms in total. The average molecular weight is 588 g/mol. The van der Waals surface area contributed by atoms with Gasteiger partial charge < -0.3 is 15.4 Å². The van der Waals surface area contributed by atoms with Crippen molar-refractivity contribution in [1.82, 2.24) is 14.6 Å². The van der Waals surface area contributed by atoms with Crippen LogP contribution in [-0.4, -0.2) is 77.0 Å². The van der Waals surface area contributed by atoms with Gasteiger partial charge in [0.1, 0.15) is 6.54 Å². The molecule has 14 heteroatoms. The molecule has 1 aliphatic rings. The Balaban J connectivity index is 1.47. The van der Waals surface area contributed by atoms with Crippen LogP contribution in [0.3, 0.4) is 0 Å². The molecule has 4 rings (SSSR count). The number of morpholine rings is 1. The third-order valence-corrected chi connectivity index (χ3v) is 9.10. The molecule has 2 heterocycles. The summed E-state index contributed by atoms with van der Waals surface area (Å²) in [6.45, 7) is 0.673. The van der Waals surface area contributed by atoms with E-state index in [1.165, 1.54) is 40.7 Å². The molecule has 2 N–H and O–H groups in total. The van der Waals surface area contributed by atoms with Crippen molar-refractivity contribution in [3.8, 4) is 0 Å². The van der Waals surface area contributed by atoms with E-state index in [2.05, 4.69) is 15.6 Å². The number of sulfonamides is 2. The number of rotatable bonds is 10. The molecule has 0 aliphatic carbocycles. The van der Waals surface area contributed by atoms with E-state index in [-0.39, 0.29) is 41.5 Å². The van der Waals surface area contributed by atoms with Gasteiger partial charge in [0, 0.05) is 32.0 Å². The second-order valence-electron chi connectivity index (χ2n) is 8.92. The van der Waals surface area contributed by atoms with Crippen LogP contribution >= 0.6 is 0 Å². The summed E-state index contributed by atoms with van der Waals surface area (Å²) in [6.07, 6.45) is 4.19. The van der Waals surface area contributed by atoms with Gasteiger partial charge in [-0.15, -0.1) is 0 Å². The van der Waals surface area contributed by atoms with Crippen LogP contribution in [0, 0.1) is 0 Å². The monoisotopic (exact) mass is 587 g/mol. The Hall–Kier alpha value is -3.85. The van der Waals surface area contributed by atoms with Crippen LogP contribution in [0.1, 0.15) is 15.9 Å². The van der Waals surface area contributed by atoms with E-state index in [1.54, 1.807) is 30.6 Å². The molecule has 1 saturated heterocycles. The molecule has 0 radical (unpaired) electrons. The van der Waals surface area contributed by atoms with E-state index in [1.807, 2.05) is 6.07 Å². The number of nitrogens with zero attached hydrogens (tertiary/aromatic N) is 3. The predicted molar refractivity (Wildman–Crippen MR) is 149 cm³/mol. The van der Waals surface area contributed by atoms with Crippen molar-refractivity contribution in [3.63, 3.8) is 0 Å². The van der Waals surface area contributed by atoms with Gasteiger partial charge in [-0.1, -0.05) is 18.2 Å². The first kappa shape index (κ1) is 29.1. The number of anilines is 2.